The summed E-state index contributed by atoms with van der Waals surface area (Å²) in [5.41, 5.74) is 0. The summed E-state index contributed by atoms with van der Waals surface area (Å²) in [4.78, 5) is 0. The molecule has 3 fully saturated rings. The molecule has 3 aliphatic rings. The normalized spacial score (nSPS) is 56.8. The van der Waals surface area contributed by atoms with Gasteiger partial charge in [-0.05, 0) is 34.8 Å². The fourth-order valence-electron chi connectivity index (χ4n) is 5.25. The van der Waals surface area contributed by atoms with E-state index in [9.17, 15) is 0 Å². The highest BCUT2D eigenvalue weighted by Crippen LogP contribution is 3.09. The van der Waals surface area contributed by atoms with Gasteiger partial charge >= 0.3 is 0 Å². The third-order valence-electron chi connectivity index (χ3n) is 5.36. The highest BCUT2D eigenvalue weighted by molar-refractivity contribution is 6.74. The van der Waals surface area contributed by atoms with E-state index in [1.165, 1.54) is 11.8 Å². The summed E-state index contributed by atoms with van der Waals surface area (Å²) < 4.78 is 0. The van der Waals surface area contributed by atoms with Crippen LogP contribution in [0.1, 0.15) is 19.3 Å². The number of hydrogen-bond donors (Lipinski definition) is 0. The lowest BCUT2D eigenvalue weighted by molar-refractivity contribution is 0.345. The molecule has 3 saturated carbocycles. The average Bonchev–Trinajstić information content (AvgIpc) is 2.89. The molecule has 0 spiro atoms. The quantitative estimate of drug-likeness (QED) is 0.610. The van der Waals surface area contributed by atoms with Crippen LogP contribution in [0.5, 0.6) is 0 Å². The summed E-state index contributed by atoms with van der Waals surface area (Å²) >= 11 is 0. The summed E-state index contributed by atoms with van der Waals surface area (Å²) in [7, 11) is 0.00136. The van der Waals surface area contributed by atoms with Crippen LogP contribution in [0.25, 0.3) is 0 Å². The van der Waals surface area contributed by atoms with E-state index in [1.54, 1.807) is 19.3 Å². The van der Waals surface area contributed by atoms with E-state index in [0.717, 1.165) is 10.1 Å². The zero-order valence-electron chi connectivity index (χ0n) is 9.28. The molecule has 3 rings (SSSR count). The predicted octanol–water partition coefficient (Wildman–Crippen LogP) is 3.42. The van der Waals surface area contributed by atoms with Crippen molar-refractivity contribution in [2.24, 2.45) is 11.8 Å². The van der Waals surface area contributed by atoms with E-state index >= 15 is 0 Å². The average molecular weight is 208 g/mol. The topological polar surface area (TPSA) is 0 Å². The largest absolute Gasteiger partial charge is 0.0708 e. The minimum absolute atomic E-state index is 0.000679. The molecule has 3 aliphatic carbocycles. The molecule has 0 heterocycles. The molecular weight excluding hydrogens is 188 g/mol. The summed E-state index contributed by atoms with van der Waals surface area (Å²) in [5, 5.41) is 1.99. The Bertz CT molecular complexity index is 223. The third kappa shape index (κ3) is 0.602. The molecule has 0 aliphatic heterocycles. The maximum atomic E-state index is 2.58. The molecule has 0 saturated heterocycles. The van der Waals surface area contributed by atoms with Gasteiger partial charge < -0.3 is 0 Å². The van der Waals surface area contributed by atoms with Gasteiger partial charge in [0.15, 0.2) is 0 Å². The lowest BCUT2D eigenvalue weighted by Crippen LogP contribution is -2.24. The van der Waals surface area contributed by atoms with Crippen molar-refractivity contribution in [1.82, 2.24) is 0 Å². The van der Waals surface area contributed by atoms with E-state index in [4.69, 9.17) is 0 Å². The second kappa shape index (κ2) is 2.16. The van der Waals surface area contributed by atoms with Crippen molar-refractivity contribution >= 4 is 17.6 Å². The van der Waals surface area contributed by atoms with E-state index in [-0.39, 0.29) is 17.6 Å². The molecule has 0 bridgehead atoms. The molecule has 0 atom stereocenters. The van der Waals surface area contributed by atoms with Crippen LogP contribution in [0.15, 0.2) is 0 Å². The molecule has 72 valence electrons. The monoisotopic (exact) mass is 208 g/mol. The molecule has 0 N–H and O–H groups in total. The molecular formula is C11H20Si2. The van der Waals surface area contributed by atoms with Crippen LogP contribution < -0.4 is 0 Å². The van der Waals surface area contributed by atoms with Gasteiger partial charge in [-0.3, -0.25) is 0 Å². The van der Waals surface area contributed by atoms with Crippen molar-refractivity contribution in [1.29, 1.82) is 0 Å². The molecule has 0 unspecified atom stereocenters. The van der Waals surface area contributed by atoms with Gasteiger partial charge in [0.1, 0.15) is 0 Å². The van der Waals surface area contributed by atoms with Crippen molar-refractivity contribution < 1.29 is 0 Å². The molecule has 13 heavy (non-hydrogen) atoms. The minimum Gasteiger partial charge on any atom is -0.0708 e. The van der Waals surface area contributed by atoms with Gasteiger partial charge in [-0.25, -0.2) is 0 Å². The molecule has 0 aromatic rings. The highest BCUT2D eigenvalue weighted by atomic mass is 28.3. The summed E-state index contributed by atoms with van der Waals surface area (Å²) in [6, 6.07) is 0. The van der Waals surface area contributed by atoms with Gasteiger partial charge in [0, 0.05) is 17.6 Å². The van der Waals surface area contributed by atoms with Crippen LogP contribution in [0.2, 0.25) is 36.3 Å². The Morgan fingerprint density at radius 2 is 1.23 bits per heavy atom. The molecule has 0 aromatic carbocycles. The van der Waals surface area contributed by atoms with E-state index in [1.807, 2.05) is 0 Å². The second-order valence-corrected chi connectivity index (χ2v) is 11.4. The fraction of sp³-hybridized carbons (Fsp3) is 1.00. The zero-order valence-corrected chi connectivity index (χ0v) is 11.3. The molecule has 0 amide bonds. The lowest BCUT2D eigenvalue weighted by atomic mass is 9.88. The Labute approximate surface area is 85.3 Å². The molecule has 0 nitrogen and oxygen atoms in total. The first-order valence-corrected chi connectivity index (χ1v) is 10.7. The van der Waals surface area contributed by atoms with Gasteiger partial charge in [-0.2, -0.15) is 0 Å². The molecule has 2 heteroatoms. The maximum absolute atomic E-state index is 2.58. The van der Waals surface area contributed by atoms with Crippen LogP contribution in [0.3, 0.4) is 0 Å². The van der Waals surface area contributed by atoms with Gasteiger partial charge in [0.25, 0.3) is 0 Å². The van der Waals surface area contributed by atoms with Gasteiger partial charge in [0.2, 0.25) is 0 Å². The summed E-state index contributed by atoms with van der Waals surface area (Å²) in [6.45, 7) is 10.3. The van der Waals surface area contributed by atoms with E-state index in [0.29, 0.717) is 0 Å². The third-order valence-corrected chi connectivity index (χ3v) is 11.1. The lowest BCUT2D eigenvalue weighted by Gasteiger charge is -2.30. The number of fused-ring (bicyclic) bond motifs is 2. The first kappa shape index (κ1) is 8.72. The molecule has 2 radical (unpaired) electrons. The summed E-state index contributed by atoms with van der Waals surface area (Å²) in [5.74, 6) is 2.46. The Hall–Kier alpha value is 0.434. The van der Waals surface area contributed by atoms with E-state index in [2.05, 4.69) is 26.2 Å². The second-order valence-electron chi connectivity index (χ2n) is 5.77. The Balaban J connectivity index is 1.95. The smallest absolute Gasteiger partial charge is 0.0491 e. The van der Waals surface area contributed by atoms with Crippen molar-refractivity contribution in [3.05, 3.63) is 0 Å². The van der Waals surface area contributed by atoms with Crippen molar-refractivity contribution in [2.45, 2.75) is 55.5 Å². The Morgan fingerprint density at radius 3 is 1.46 bits per heavy atom. The first-order chi connectivity index (χ1) is 6.11. The van der Waals surface area contributed by atoms with Gasteiger partial charge in [-0.15, -0.1) is 0 Å². The van der Waals surface area contributed by atoms with Gasteiger partial charge in [-0.1, -0.05) is 32.6 Å². The zero-order chi connectivity index (χ0) is 9.43. The Kier molecular flexibility index (Phi) is 1.45. The Morgan fingerprint density at radius 1 is 0.846 bits per heavy atom. The number of hydrogen-bond acceptors (Lipinski definition) is 0. The maximum Gasteiger partial charge on any atom is 0.0491 e. The highest BCUT2D eigenvalue weighted by Gasteiger charge is 2.97. The van der Waals surface area contributed by atoms with Crippen LogP contribution in [0.4, 0.5) is 0 Å². The van der Waals surface area contributed by atoms with Crippen molar-refractivity contribution in [3.8, 4) is 0 Å². The SMILES string of the molecule is C[Si](C)C12C3CCCC1C32[Si](C)C. The molecule has 0 aromatic heterocycles. The standard InChI is InChI=1S/C11H20Si2/c1-12(2)10-8-6-5-7-9(10)11(8,10)13(3)4/h8-9H,5-7H2,1-4H3. The summed E-state index contributed by atoms with van der Waals surface area (Å²) in [6.07, 6.45) is 4.76. The predicted molar refractivity (Wildman–Crippen MR) is 61.2 cm³/mol. The minimum atomic E-state index is 0.000679. The van der Waals surface area contributed by atoms with Crippen LogP contribution in [-0.2, 0) is 0 Å². The van der Waals surface area contributed by atoms with Crippen LogP contribution >= 0.6 is 0 Å². The fourth-order valence-corrected chi connectivity index (χ4v) is 13.4. The number of rotatable bonds is 2. The van der Waals surface area contributed by atoms with Gasteiger partial charge in [0.05, 0.1) is 0 Å². The van der Waals surface area contributed by atoms with Crippen LogP contribution in [0, 0.1) is 11.8 Å². The first-order valence-electron chi connectivity index (χ1n) is 5.72. The van der Waals surface area contributed by atoms with Crippen LogP contribution in [-0.4, -0.2) is 17.6 Å². The van der Waals surface area contributed by atoms with E-state index < -0.39 is 0 Å². The van der Waals surface area contributed by atoms with Crippen molar-refractivity contribution in [2.75, 3.05) is 0 Å². The van der Waals surface area contributed by atoms with Crippen molar-refractivity contribution in [3.63, 3.8) is 0 Å².